The fourth-order valence-electron chi connectivity index (χ4n) is 7.99. The fourth-order valence-corrected chi connectivity index (χ4v) is 7.99. The maximum atomic E-state index is 6.43. The number of hydrogen-bond acceptors (Lipinski definition) is 2. The number of fused-ring (bicyclic) bond motifs is 7. The molecule has 222 valence electrons. The van der Waals surface area contributed by atoms with Crippen LogP contribution >= 0.6 is 0 Å². The molecular formula is C44H35NO. The predicted molar refractivity (Wildman–Crippen MR) is 191 cm³/mol. The molecule has 0 saturated carbocycles. The average Bonchev–Trinajstić information content (AvgIpc) is 3.52. The molecule has 0 spiro atoms. The summed E-state index contributed by atoms with van der Waals surface area (Å²) in [6.07, 6.45) is 7.42. The van der Waals surface area contributed by atoms with Gasteiger partial charge in [0.05, 0.1) is 11.1 Å². The van der Waals surface area contributed by atoms with Gasteiger partial charge in [0, 0.05) is 33.3 Å². The highest BCUT2D eigenvalue weighted by molar-refractivity contribution is 6.09. The van der Waals surface area contributed by atoms with Crippen molar-refractivity contribution in [1.29, 1.82) is 0 Å². The van der Waals surface area contributed by atoms with Crippen molar-refractivity contribution in [2.75, 3.05) is 4.90 Å². The summed E-state index contributed by atoms with van der Waals surface area (Å²) < 4.78 is 6.43. The molecule has 1 atom stereocenters. The Bertz CT molecular complexity index is 2240. The monoisotopic (exact) mass is 593 g/mol. The van der Waals surface area contributed by atoms with Crippen molar-refractivity contribution in [2.24, 2.45) is 0 Å². The van der Waals surface area contributed by atoms with Crippen LogP contribution in [0.1, 0.15) is 43.9 Å². The quantitative estimate of drug-likeness (QED) is 0.202. The summed E-state index contributed by atoms with van der Waals surface area (Å²) in [6.45, 7) is 7.05. The van der Waals surface area contributed by atoms with Crippen LogP contribution in [0.25, 0.3) is 33.0 Å². The minimum Gasteiger partial charge on any atom is -0.460 e. The lowest BCUT2D eigenvalue weighted by Crippen LogP contribution is -2.23. The normalized spacial score (nSPS) is 18.3. The summed E-state index contributed by atoms with van der Waals surface area (Å²) in [6, 6.07) is 46.7. The summed E-state index contributed by atoms with van der Waals surface area (Å²) in [5, 5.41) is 2.49. The maximum absolute atomic E-state index is 6.43. The molecule has 9 rings (SSSR count). The van der Waals surface area contributed by atoms with E-state index < -0.39 is 0 Å². The second-order valence-corrected chi connectivity index (χ2v) is 13.6. The summed E-state index contributed by atoms with van der Waals surface area (Å²) in [7, 11) is 0. The first-order chi connectivity index (χ1) is 22.4. The Morgan fingerprint density at radius 3 is 2.20 bits per heavy atom. The molecule has 0 radical (unpaired) electrons. The first-order valence-corrected chi connectivity index (χ1v) is 16.2. The largest absolute Gasteiger partial charge is 0.460 e. The van der Waals surface area contributed by atoms with Gasteiger partial charge in [0.1, 0.15) is 11.5 Å². The highest BCUT2D eigenvalue weighted by Gasteiger charge is 2.43. The van der Waals surface area contributed by atoms with Gasteiger partial charge in [-0.05, 0) is 89.0 Å². The van der Waals surface area contributed by atoms with Gasteiger partial charge in [0.15, 0.2) is 0 Å². The summed E-state index contributed by atoms with van der Waals surface area (Å²) in [5.41, 5.74) is 12.2. The zero-order valence-electron chi connectivity index (χ0n) is 26.4. The lowest BCUT2D eigenvalue weighted by molar-refractivity contribution is 0.377. The zero-order chi connectivity index (χ0) is 31.0. The van der Waals surface area contributed by atoms with E-state index in [4.69, 9.17) is 4.74 Å². The third-order valence-corrected chi connectivity index (χ3v) is 10.5. The Kier molecular flexibility index (Phi) is 5.77. The van der Waals surface area contributed by atoms with E-state index in [1.807, 2.05) is 0 Å². The van der Waals surface area contributed by atoms with Crippen LogP contribution in [-0.4, -0.2) is 0 Å². The topological polar surface area (TPSA) is 12.5 Å². The summed E-state index contributed by atoms with van der Waals surface area (Å²) >= 11 is 0. The molecule has 0 amide bonds. The van der Waals surface area contributed by atoms with Crippen LogP contribution in [0.4, 0.5) is 17.1 Å². The van der Waals surface area contributed by atoms with E-state index in [0.717, 1.165) is 29.3 Å². The standard InChI is InChI=1S/C44H35NO/c1-43(2)36-18-10-9-17-35(36)41-38(43)27-31-15-7-8-16-34(31)42(41)45(32-22-20-30(21-23-32)29-13-5-4-6-14-29)33-24-25-39-37(28-33)44(3)26-12-11-19-40(44)46-39/h4-25,27-28H,26H2,1-3H3. The van der Waals surface area contributed by atoms with E-state index in [1.165, 1.54) is 55.4 Å². The van der Waals surface area contributed by atoms with Gasteiger partial charge in [-0.1, -0.05) is 117 Å². The average molecular weight is 594 g/mol. The van der Waals surface area contributed by atoms with Crippen LogP contribution in [-0.2, 0) is 10.8 Å². The predicted octanol–water partition coefficient (Wildman–Crippen LogP) is 11.8. The van der Waals surface area contributed by atoms with E-state index >= 15 is 0 Å². The highest BCUT2D eigenvalue weighted by Crippen LogP contribution is 2.57. The number of anilines is 3. The van der Waals surface area contributed by atoms with Gasteiger partial charge in [-0.3, -0.25) is 0 Å². The van der Waals surface area contributed by atoms with Crippen LogP contribution in [0.15, 0.2) is 151 Å². The fraction of sp³-hybridized carbons (Fsp3) is 0.136. The molecule has 2 nitrogen and oxygen atoms in total. The maximum Gasteiger partial charge on any atom is 0.131 e. The number of hydrogen-bond donors (Lipinski definition) is 0. The molecule has 6 aromatic carbocycles. The molecule has 46 heavy (non-hydrogen) atoms. The molecule has 1 heterocycles. The number of ether oxygens (including phenoxy) is 1. The molecule has 6 aromatic rings. The van der Waals surface area contributed by atoms with Gasteiger partial charge in [-0.25, -0.2) is 0 Å². The molecule has 3 aliphatic rings. The molecule has 0 bridgehead atoms. The Balaban J connectivity index is 1.34. The van der Waals surface area contributed by atoms with Gasteiger partial charge in [0.25, 0.3) is 0 Å². The second-order valence-electron chi connectivity index (χ2n) is 13.6. The van der Waals surface area contributed by atoms with Gasteiger partial charge in [-0.15, -0.1) is 0 Å². The molecule has 2 heteroatoms. The lowest BCUT2D eigenvalue weighted by Gasteiger charge is -2.32. The third-order valence-electron chi connectivity index (χ3n) is 10.5. The Morgan fingerprint density at radius 2 is 1.35 bits per heavy atom. The van der Waals surface area contributed by atoms with E-state index in [2.05, 4.69) is 171 Å². The molecular weight excluding hydrogens is 558 g/mol. The third kappa shape index (κ3) is 3.83. The van der Waals surface area contributed by atoms with Crippen molar-refractivity contribution in [1.82, 2.24) is 0 Å². The van der Waals surface area contributed by atoms with E-state index in [-0.39, 0.29) is 10.8 Å². The van der Waals surface area contributed by atoms with Crippen LogP contribution in [0.3, 0.4) is 0 Å². The van der Waals surface area contributed by atoms with Crippen molar-refractivity contribution >= 4 is 27.8 Å². The van der Waals surface area contributed by atoms with Gasteiger partial charge < -0.3 is 9.64 Å². The van der Waals surface area contributed by atoms with Crippen LogP contribution in [0, 0.1) is 0 Å². The molecule has 1 unspecified atom stereocenters. The van der Waals surface area contributed by atoms with Crippen LogP contribution in [0.5, 0.6) is 5.75 Å². The molecule has 1 aliphatic heterocycles. The van der Waals surface area contributed by atoms with Crippen molar-refractivity contribution in [3.05, 3.63) is 168 Å². The van der Waals surface area contributed by atoms with E-state index in [1.54, 1.807) is 0 Å². The molecule has 2 aliphatic carbocycles. The van der Waals surface area contributed by atoms with Crippen LogP contribution in [0.2, 0.25) is 0 Å². The van der Waals surface area contributed by atoms with Crippen LogP contribution < -0.4 is 9.64 Å². The number of allylic oxidation sites excluding steroid dienone is 4. The zero-order valence-corrected chi connectivity index (χ0v) is 26.4. The van der Waals surface area contributed by atoms with Gasteiger partial charge in [0.2, 0.25) is 0 Å². The van der Waals surface area contributed by atoms with Crippen molar-refractivity contribution in [3.8, 4) is 28.0 Å². The van der Waals surface area contributed by atoms with Gasteiger partial charge >= 0.3 is 0 Å². The Morgan fingerprint density at radius 1 is 0.630 bits per heavy atom. The molecule has 0 saturated heterocycles. The first kappa shape index (κ1) is 27.0. The smallest absolute Gasteiger partial charge is 0.131 e. The number of rotatable bonds is 4. The second kappa shape index (κ2) is 9.83. The highest BCUT2D eigenvalue weighted by atomic mass is 16.5. The lowest BCUT2D eigenvalue weighted by atomic mass is 9.77. The molecule has 0 N–H and O–H groups in total. The Labute approximate surface area is 270 Å². The summed E-state index contributed by atoms with van der Waals surface area (Å²) in [5.74, 6) is 1.98. The van der Waals surface area contributed by atoms with Gasteiger partial charge in [-0.2, -0.15) is 0 Å². The van der Waals surface area contributed by atoms with Crippen molar-refractivity contribution in [3.63, 3.8) is 0 Å². The number of benzene rings is 6. The van der Waals surface area contributed by atoms with Crippen molar-refractivity contribution < 1.29 is 4.74 Å². The van der Waals surface area contributed by atoms with E-state index in [9.17, 15) is 0 Å². The SMILES string of the molecule is CC12CC=CC=C1Oc1ccc(N(c3ccc(-c4ccccc4)cc3)c3c4c(cc5ccccc35)C(C)(C)c3ccccc3-4)cc12. The Hall–Kier alpha value is -5.34. The minimum atomic E-state index is -0.182. The van der Waals surface area contributed by atoms with E-state index in [0.29, 0.717) is 0 Å². The van der Waals surface area contributed by atoms with Crippen molar-refractivity contribution in [2.45, 2.75) is 38.0 Å². The number of nitrogens with zero attached hydrogens (tertiary/aromatic N) is 1. The summed E-state index contributed by atoms with van der Waals surface area (Å²) in [4.78, 5) is 2.50. The first-order valence-electron chi connectivity index (χ1n) is 16.2. The minimum absolute atomic E-state index is 0.124. The molecule has 0 aromatic heterocycles. The molecule has 0 fully saturated rings.